The second-order valence-electron chi connectivity index (χ2n) is 10.4. The molecule has 1 unspecified atom stereocenters. The number of benzene rings is 6. The predicted molar refractivity (Wildman–Crippen MR) is 175 cm³/mol. The van der Waals surface area contributed by atoms with Crippen LogP contribution in [-0.4, -0.2) is 8.78 Å². The zero-order valence-electron chi connectivity index (χ0n) is 21.8. The van der Waals surface area contributed by atoms with Gasteiger partial charge in [0.1, 0.15) is 14.8 Å². The molecule has 2 aromatic heterocycles. The molecule has 9 rings (SSSR count). The number of aromatic nitrogens is 1. The first-order valence-corrected chi connectivity index (χ1v) is 15.9. The molecule has 0 aliphatic carbocycles. The van der Waals surface area contributed by atoms with Crippen LogP contribution in [0.15, 0.2) is 137 Å². The van der Waals surface area contributed by atoms with E-state index in [4.69, 9.17) is 4.36 Å². The van der Waals surface area contributed by atoms with E-state index in [-0.39, 0.29) is 0 Å². The number of fused-ring (bicyclic) bond motifs is 11. The molecule has 6 aromatic carbocycles. The second-order valence-corrected chi connectivity index (χ2v) is 13.6. The van der Waals surface area contributed by atoms with Crippen LogP contribution in [0.4, 0.5) is 5.69 Å². The molecule has 194 valence electrons. The van der Waals surface area contributed by atoms with Crippen LogP contribution in [-0.2, 0) is 9.73 Å². The Morgan fingerprint density at radius 1 is 0.610 bits per heavy atom. The van der Waals surface area contributed by atoms with Gasteiger partial charge < -0.3 is 0 Å². The minimum absolute atomic E-state index is 0.697. The average Bonchev–Trinajstić information content (AvgIpc) is 3.58. The first kappa shape index (κ1) is 23.0. The van der Waals surface area contributed by atoms with Gasteiger partial charge in [-0.2, -0.15) is 4.36 Å². The molecule has 3 nitrogen and oxygen atoms in total. The number of hydrogen-bond acceptors (Lipinski definition) is 3. The van der Waals surface area contributed by atoms with Crippen LogP contribution in [0.2, 0.25) is 0 Å². The lowest BCUT2D eigenvalue weighted by Gasteiger charge is -2.22. The third-order valence-corrected chi connectivity index (χ3v) is 11.6. The van der Waals surface area contributed by atoms with Crippen molar-refractivity contribution in [2.45, 2.75) is 4.90 Å². The number of rotatable bonds is 2. The normalized spacial score (nSPS) is 16.8. The standard InChI is InChI=1S/C36H22N2OS2/c39-41(24-13-2-1-3-14-24)32(22-23-12-4-9-19-29(23)37-41)38-30-20-10-7-17-27(30)33-25-15-5-6-16-26(25)34-28-18-8-11-21-31(28)40-36(34)35(33)38/h1-22H. The third-order valence-electron chi connectivity index (χ3n) is 8.16. The van der Waals surface area contributed by atoms with Crippen LogP contribution in [0.3, 0.4) is 0 Å². The van der Waals surface area contributed by atoms with Gasteiger partial charge in [-0.3, -0.25) is 4.57 Å². The molecule has 0 bridgehead atoms. The maximum absolute atomic E-state index is 15.4. The Bertz CT molecular complexity index is 2530. The van der Waals surface area contributed by atoms with Crippen molar-refractivity contribution in [1.29, 1.82) is 0 Å². The highest BCUT2D eigenvalue weighted by atomic mass is 32.2. The topological polar surface area (TPSA) is 34.4 Å². The molecule has 41 heavy (non-hydrogen) atoms. The molecule has 0 saturated heterocycles. The monoisotopic (exact) mass is 562 g/mol. The minimum Gasteiger partial charge on any atom is -0.299 e. The Balaban J connectivity index is 1.56. The van der Waals surface area contributed by atoms with E-state index in [2.05, 4.69) is 89.5 Å². The van der Waals surface area contributed by atoms with Crippen molar-refractivity contribution in [2.75, 3.05) is 0 Å². The first-order chi connectivity index (χ1) is 20.2. The van der Waals surface area contributed by atoms with Gasteiger partial charge in [-0.05, 0) is 47.2 Å². The fraction of sp³-hybridized carbons (Fsp3) is 0. The Morgan fingerprint density at radius 2 is 1.24 bits per heavy atom. The summed E-state index contributed by atoms with van der Waals surface area (Å²) in [6.07, 6.45) is 2.10. The van der Waals surface area contributed by atoms with E-state index in [0.29, 0.717) is 9.92 Å². The van der Waals surface area contributed by atoms with Crippen molar-refractivity contribution in [3.63, 3.8) is 0 Å². The van der Waals surface area contributed by atoms with Gasteiger partial charge in [-0.25, -0.2) is 4.21 Å². The Hall–Kier alpha value is -4.71. The molecule has 0 spiro atoms. The first-order valence-electron chi connectivity index (χ1n) is 13.6. The summed E-state index contributed by atoms with van der Waals surface area (Å²) in [6, 6.07) is 43.6. The minimum atomic E-state index is -3.03. The highest BCUT2D eigenvalue weighted by Gasteiger charge is 2.30. The van der Waals surface area contributed by atoms with Gasteiger partial charge in [-0.15, -0.1) is 11.3 Å². The van der Waals surface area contributed by atoms with Crippen LogP contribution in [0.5, 0.6) is 0 Å². The highest BCUT2D eigenvalue weighted by Crippen LogP contribution is 2.49. The fourth-order valence-corrected chi connectivity index (χ4v) is 9.80. The maximum atomic E-state index is 15.4. The van der Waals surface area contributed by atoms with Gasteiger partial charge in [-0.1, -0.05) is 97.1 Å². The smallest absolute Gasteiger partial charge is 0.126 e. The summed E-state index contributed by atoms with van der Waals surface area (Å²) in [7, 11) is -3.03. The van der Waals surface area contributed by atoms with Gasteiger partial charge >= 0.3 is 0 Å². The van der Waals surface area contributed by atoms with Crippen molar-refractivity contribution in [3.8, 4) is 0 Å². The lowest BCUT2D eigenvalue weighted by atomic mass is 9.99. The van der Waals surface area contributed by atoms with E-state index in [1.807, 2.05) is 59.9 Å². The molecule has 0 saturated carbocycles. The summed E-state index contributed by atoms with van der Waals surface area (Å²) in [6.45, 7) is 0. The molecule has 3 heterocycles. The van der Waals surface area contributed by atoms with Crippen LogP contribution < -0.4 is 0 Å². The van der Waals surface area contributed by atoms with E-state index < -0.39 is 9.73 Å². The average molecular weight is 563 g/mol. The van der Waals surface area contributed by atoms with Gasteiger partial charge in [0.25, 0.3) is 0 Å². The molecule has 0 radical (unpaired) electrons. The number of hydrogen-bond donors (Lipinski definition) is 0. The van der Waals surface area contributed by atoms with Gasteiger partial charge in [0, 0.05) is 31.8 Å². The van der Waals surface area contributed by atoms with Gasteiger partial charge in [0.2, 0.25) is 0 Å². The van der Waals surface area contributed by atoms with Crippen molar-refractivity contribution in [1.82, 2.24) is 4.57 Å². The number of nitrogens with zero attached hydrogens (tertiary/aromatic N) is 2. The van der Waals surface area contributed by atoms with Crippen LogP contribution in [0, 0.1) is 0 Å². The molecule has 1 aliphatic rings. The van der Waals surface area contributed by atoms with Gasteiger partial charge in [0.05, 0.1) is 26.3 Å². The van der Waals surface area contributed by atoms with Crippen LogP contribution in [0.25, 0.3) is 63.9 Å². The molecule has 1 atom stereocenters. The van der Waals surface area contributed by atoms with Crippen molar-refractivity contribution < 1.29 is 4.21 Å². The fourth-order valence-electron chi connectivity index (χ4n) is 6.41. The largest absolute Gasteiger partial charge is 0.299 e. The molecule has 8 aromatic rings. The summed E-state index contributed by atoms with van der Waals surface area (Å²) in [5, 5.41) is 7.97. The number of para-hydroxylation sites is 1. The van der Waals surface area contributed by atoms with Crippen molar-refractivity contribution in [3.05, 3.63) is 133 Å². The summed E-state index contributed by atoms with van der Waals surface area (Å²) in [5.74, 6) is 0. The maximum Gasteiger partial charge on any atom is 0.126 e. The van der Waals surface area contributed by atoms with Crippen molar-refractivity contribution in [2.24, 2.45) is 4.36 Å². The molecule has 0 N–H and O–H groups in total. The molecular weight excluding hydrogens is 541 g/mol. The lowest BCUT2D eigenvalue weighted by molar-refractivity contribution is 0.682. The lowest BCUT2D eigenvalue weighted by Crippen LogP contribution is -2.12. The van der Waals surface area contributed by atoms with Gasteiger partial charge in [0.15, 0.2) is 0 Å². The highest BCUT2D eigenvalue weighted by molar-refractivity contribution is 8.02. The van der Waals surface area contributed by atoms with E-state index in [9.17, 15) is 0 Å². The number of thiophene rings is 1. The predicted octanol–water partition coefficient (Wildman–Crippen LogP) is 10.4. The Morgan fingerprint density at radius 3 is 2.07 bits per heavy atom. The summed E-state index contributed by atoms with van der Waals surface area (Å²) < 4.78 is 25.1. The SMILES string of the molecule is O=S1(c2ccccc2)=Nc2ccccc2C=C1n1c2ccccc2c2c3ccccc3c3c4ccccc4sc3c21. The van der Waals surface area contributed by atoms with Crippen molar-refractivity contribution >= 4 is 90.6 Å². The summed E-state index contributed by atoms with van der Waals surface area (Å²) in [5.41, 5.74) is 3.84. The Labute approximate surface area is 240 Å². The third kappa shape index (κ3) is 3.10. The van der Waals surface area contributed by atoms with Crippen LogP contribution >= 0.6 is 11.3 Å². The molecule has 0 amide bonds. The van der Waals surface area contributed by atoms with Crippen LogP contribution in [0.1, 0.15) is 5.56 Å². The van der Waals surface area contributed by atoms with E-state index in [0.717, 1.165) is 27.7 Å². The van der Waals surface area contributed by atoms with E-state index >= 15 is 4.21 Å². The zero-order chi connectivity index (χ0) is 27.1. The van der Waals surface area contributed by atoms with E-state index in [1.54, 1.807) is 0 Å². The molecule has 0 fully saturated rings. The quantitative estimate of drug-likeness (QED) is 0.206. The molecule has 1 aliphatic heterocycles. The molecule has 5 heteroatoms. The second kappa shape index (κ2) is 8.40. The van der Waals surface area contributed by atoms with E-state index in [1.165, 1.54) is 36.3 Å². The summed E-state index contributed by atoms with van der Waals surface area (Å²) >= 11 is 1.81. The molecular formula is C36H22N2OS2. The summed E-state index contributed by atoms with van der Waals surface area (Å²) in [4.78, 5) is 0.708. The Kier molecular flexibility index (Phi) is 4.72. The zero-order valence-corrected chi connectivity index (χ0v) is 23.5.